The Morgan fingerprint density at radius 3 is 2.51 bits per heavy atom. The summed E-state index contributed by atoms with van der Waals surface area (Å²) in [6, 6.07) is 5.46. The van der Waals surface area contributed by atoms with Crippen LogP contribution < -0.4 is 24.8 Å². The SMILES string of the molecule is C=CC1C[C@]1(NC(=O)[C@@H]1C[C@@H]2CN1C(=O)[C@H](C(C)(C)C)NC(=O)O[C@@H]1CCC[C@H]1CCCCCc1c(nc3ccccc3c1OCCN1CCOCC1)O2)C(=O)NS(=O)(=O)C1(COCCOC)CC1. The topological polar surface area (TPSA) is 213 Å². The standard InChI is InChI=1S/C50H72N6O12S/c1-6-34-30-50(34,46(59)54-69(61,62)49(19-20-49)32-65-28-27-63-5)53-43(57)39-29-35-31-56(39)45(58)42(48(2,3)4)52-47(60)68-40-18-12-14-33(40)13-8-7-9-16-37-41(66-26-23-55-21-24-64-25-22-55)36-15-10-11-17-38(36)51-44(37)67-35/h6,10-11,15,17,33-35,39-40,42H,1,7-9,12-14,16,18-32H2,2-5H3,(H,52,60)(H,53,57)(H,54,59)/t33-,34?,35-,39+,40-,42-,50-/m1/s1. The molecule has 3 saturated carbocycles. The van der Waals surface area contributed by atoms with Gasteiger partial charge in [0.2, 0.25) is 27.7 Å². The number of amides is 4. The molecule has 1 aromatic carbocycles. The van der Waals surface area contributed by atoms with Crippen LogP contribution in [0, 0.1) is 17.3 Å². The zero-order valence-electron chi connectivity index (χ0n) is 40.8. The maximum Gasteiger partial charge on any atom is 0.408 e. The Bertz CT molecular complexity index is 2320. The minimum Gasteiger partial charge on any atom is -0.491 e. The van der Waals surface area contributed by atoms with E-state index in [0.717, 1.165) is 69.0 Å². The Hall–Kier alpha value is -4.56. The average molecular weight is 981 g/mol. The highest BCUT2D eigenvalue weighted by molar-refractivity contribution is 7.91. The molecule has 3 aliphatic heterocycles. The number of aromatic nitrogens is 1. The van der Waals surface area contributed by atoms with Gasteiger partial charge in [-0.2, -0.15) is 0 Å². The van der Waals surface area contributed by atoms with Crippen molar-refractivity contribution in [3.05, 3.63) is 42.5 Å². The molecule has 19 heteroatoms. The molecule has 0 spiro atoms. The highest BCUT2D eigenvalue weighted by Gasteiger charge is 2.64. The first-order chi connectivity index (χ1) is 33.1. The number of nitrogens with one attached hydrogen (secondary N) is 3. The van der Waals surface area contributed by atoms with Crippen molar-refractivity contribution in [2.45, 2.75) is 132 Å². The minimum absolute atomic E-state index is 0.000479. The predicted molar refractivity (Wildman–Crippen MR) is 256 cm³/mol. The third-order valence-electron chi connectivity index (χ3n) is 15.0. The molecule has 3 aliphatic carbocycles. The number of hydrogen-bond donors (Lipinski definition) is 3. The zero-order valence-corrected chi connectivity index (χ0v) is 41.6. The molecule has 5 fully saturated rings. The molecule has 1 aromatic heterocycles. The first-order valence-corrected chi connectivity index (χ1v) is 26.4. The van der Waals surface area contributed by atoms with Gasteiger partial charge in [0.1, 0.15) is 46.9 Å². The van der Waals surface area contributed by atoms with Gasteiger partial charge in [-0.3, -0.25) is 24.0 Å². The van der Waals surface area contributed by atoms with Gasteiger partial charge in [-0.25, -0.2) is 18.2 Å². The predicted octanol–water partition coefficient (Wildman–Crippen LogP) is 4.42. The second kappa shape index (κ2) is 21.4. The summed E-state index contributed by atoms with van der Waals surface area (Å²) >= 11 is 0. The molecule has 6 aliphatic rings. The van der Waals surface area contributed by atoms with Crippen LogP contribution in [0.4, 0.5) is 4.79 Å². The second-order valence-electron chi connectivity index (χ2n) is 20.9. The van der Waals surface area contributed by atoms with Crippen molar-refractivity contribution in [1.29, 1.82) is 0 Å². The summed E-state index contributed by atoms with van der Waals surface area (Å²) in [6.45, 7) is 13.8. The van der Waals surface area contributed by atoms with Crippen molar-refractivity contribution >= 4 is 44.7 Å². The van der Waals surface area contributed by atoms with Crippen molar-refractivity contribution < 1.29 is 56.0 Å². The van der Waals surface area contributed by atoms with Crippen molar-refractivity contribution in [3.63, 3.8) is 0 Å². The van der Waals surface area contributed by atoms with Gasteiger partial charge in [-0.05, 0) is 81.3 Å². The Kier molecular flexibility index (Phi) is 15.8. The lowest BCUT2D eigenvalue weighted by Gasteiger charge is -2.35. The van der Waals surface area contributed by atoms with Gasteiger partial charge in [0.25, 0.3) is 5.91 Å². The number of methoxy groups -OCH3 is 1. The summed E-state index contributed by atoms with van der Waals surface area (Å²) in [6.07, 6.45) is 7.27. The van der Waals surface area contributed by atoms with Gasteiger partial charge in [0.05, 0.1) is 50.7 Å². The molecule has 2 bridgehead atoms. The summed E-state index contributed by atoms with van der Waals surface area (Å²) in [5.74, 6) is -1.45. The van der Waals surface area contributed by atoms with Crippen LogP contribution in [0.2, 0.25) is 0 Å². The van der Waals surface area contributed by atoms with E-state index in [1.54, 1.807) is 0 Å². The Labute approximate surface area is 406 Å². The van der Waals surface area contributed by atoms with E-state index in [1.807, 2.05) is 45.0 Å². The zero-order chi connectivity index (χ0) is 49.0. The number of sulfonamides is 1. The number of carbonyl (C=O) groups excluding carboxylic acids is 4. The molecule has 7 atom stereocenters. The molecule has 4 amide bonds. The number of benzene rings is 1. The summed E-state index contributed by atoms with van der Waals surface area (Å²) < 4.78 is 64.4. The Balaban J connectivity index is 1.11. The van der Waals surface area contributed by atoms with Gasteiger partial charge in [0.15, 0.2) is 0 Å². The van der Waals surface area contributed by atoms with Crippen molar-refractivity contribution in [2.24, 2.45) is 17.3 Å². The fraction of sp³-hybridized carbons (Fsp3) is 0.700. The molecule has 0 radical (unpaired) electrons. The third kappa shape index (κ3) is 11.5. The number of alkyl carbamates (subject to hydrolysis) is 1. The molecule has 2 aromatic rings. The fourth-order valence-corrected chi connectivity index (χ4v) is 12.0. The van der Waals surface area contributed by atoms with Crippen molar-refractivity contribution in [1.82, 2.24) is 30.1 Å². The quantitative estimate of drug-likeness (QED) is 0.167. The van der Waals surface area contributed by atoms with Gasteiger partial charge in [0, 0.05) is 44.5 Å². The van der Waals surface area contributed by atoms with Crippen LogP contribution in [0.25, 0.3) is 10.9 Å². The molecular weight excluding hydrogens is 909 g/mol. The van der Waals surface area contributed by atoms with Crippen LogP contribution in [0.5, 0.6) is 11.6 Å². The summed E-state index contributed by atoms with van der Waals surface area (Å²) in [5, 5.41) is 6.64. The number of nitrogens with zero attached hydrogens (tertiary/aromatic N) is 3. The molecule has 380 valence electrons. The molecule has 2 saturated heterocycles. The monoisotopic (exact) mass is 980 g/mol. The summed E-state index contributed by atoms with van der Waals surface area (Å²) in [4.78, 5) is 66.7. The van der Waals surface area contributed by atoms with E-state index in [0.29, 0.717) is 62.8 Å². The first-order valence-electron chi connectivity index (χ1n) is 24.9. The lowest BCUT2D eigenvalue weighted by molar-refractivity contribution is -0.143. The number of carbonyl (C=O) groups is 4. The molecule has 8 rings (SSSR count). The highest BCUT2D eigenvalue weighted by Crippen LogP contribution is 2.48. The van der Waals surface area contributed by atoms with E-state index in [4.69, 9.17) is 33.4 Å². The summed E-state index contributed by atoms with van der Waals surface area (Å²) in [7, 11) is -2.72. The minimum atomic E-state index is -4.23. The van der Waals surface area contributed by atoms with Crippen molar-refractivity contribution in [3.8, 4) is 11.6 Å². The normalized spacial score (nSPS) is 28.7. The number of rotatable bonds is 15. The molecular formula is C50H72N6O12S. The highest BCUT2D eigenvalue weighted by atomic mass is 32.2. The largest absolute Gasteiger partial charge is 0.491 e. The number of ether oxygens (including phenoxy) is 6. The van der Waals surface area contributed by atoms with Gasteiger partial charge in [-0.1, -0.05) is 51.8 Å². The lowest BCUT2D eigenvalue weighted by Crippen LogP contribution is -2.60. The van der Waals surface area contributed by atoms with Gasteiger partial charge < -0.3 is 44.0 Å². The molecule has 1 unspecified atom stereocenters. The molecule has 3 N–H and O–H groups in total. The van der Waals surface area contributed by atoms with E-state index in [2.05, 4.69) is 26.8 Å². The van der Waals surface area contributed by atoms with Crippen LogP contribution in [0.3, 0.4) is 0 Å². The fourth-order valence-electron chi connectivity index (χ4n) is 10.5. The average Bonchev–Trinajstić information content (AvgIpc) is 4.17. The van der Waals surface area contributed by atoms with E-state index < -0.39 is 73.6 Å². The van der Waals surface area contributed by atoms with E-state index in [1.165, 1.54) is 18.1 Å². The van der Waals surface area contributed by atoms with Gasteiger partial charge in [-0.15, -0.1) is 6.58 Å². The third-order valence-corrected chi connectivity index (χ3v) is 17.1. The van der Waals surface area contributed by atoms with Crippen LogP contribution in [-0.4, -0.2) is 155 Å². The lowest BCUT2D eigenvalue weighted by atomic mass is 9.85. The molecule has 18 nitrogen and oxygen atoms in total. The van der Waals surface area contributed by atoms with Crippen LogP contribution in [-0.2, 0) is 49.8 Å². The van der Waals surface area contributed by atoms with Crippen LogP contribution in [0.1, 0.15) is 97.0 Å². The molecule has 69 heavy (non-hydrogen) atoms. The summed E-state index contributed by atoms with van der Waals surface area (Å²) in [5.41, 5.74) is -1.00. The number of hydrogen-bond acceptors (Lipinski definition) is 14. The Morgan fingerprint density at radius 2 is 1.78 bits per heavy atom. The van der Waals surface area contributed by atoms with E-state index >= 15 is 4.79 Å². The smallest absolute Gasteiger partial charge is 0.408 e. The first kappa shape index (κ1) is 50.8. The number of morpholine rings is 1. The van der Waals surface area contributed by atoms with E-state index in [-0.39, 0.29) is 51.2 Å². The van der Waals surface area contributed by atoms with Crippen molar-refractivity contribution in [2.75, 3.05) is 72.9 Å². The van der Waals surface area contributed by atoms with Gasteiger partial charge >= 0.3 is 6.09 Å². The maximum atomic E-state index is 15.1. The maximum absolute atomic E-state index is 15.1. The second-order valence-corrected chi connectivity index (χ2v) is 23.0. The molecule has 4 heterocycles. The number of pyridine rings is 1. The number of fused-ring (bicyclic) bond motifs is 5. The van der Waals surface area contributed by atoms with Crippen LogP contribution >= 0.6 is 0 Å². The van der Waals surface area contributed by atoms with E-state index in [9.17, 15) is 22.8 Å². The Morgan fingerprint density at radius 1 is 1.01 bits per heavy atom. The number of para-hydroxylation sites is 1. The van der Waals surface area contributed by atoms with Crippen LogP contribution in [0.15, 0.2) is 36.9 Å².